The number of hydrogen-bond acceptors (Lipinski definition) is 5. The average Bonchev–Trinajstić information content (AvgIpc) is 2.29. The van der Waals surface area contributed by atoms with Crippen molar-refractivity contribution in [1.82, 2.24) is 5.32 Å². The van der Waals surface area contributed by atoms with Crippen LogP contribution in [-0.4, -0.2) is 57.9 Å². The van der Waals surface area contributed by atoms with Crippen LogP contribution in [-0.2, 0) is 0 Å². The number of aliphatic hydroxyl groups excluding tert-OH is 4. The molecular weight excluding hydrogens is 198 g/mol. The Bertz CT molecular complexity index is 176. The van der Waals surface area contributed by atoms with Crippen LogP contribution in [0.4, 0.5) is 0 Å². The lowest BCUT2D eigenvalue weighted by Crippen LogP contribution is -2.61. The summed E-state index contributed by atoms with van der Waals surface area (Å²) >= 11 is 0. The van der Waals surface area contributed by atoms with E-state index in [2.05, 4.69) is 5.32 Å². The van der Waals surface area contributed by atoms with Gasteiger partial charge in [0.2, 0.25) is 0 Å². The van der Waals surface area contributed by atoms with Crippen LogP contribution in [0.5, 0.6) is 0 Å². The van der Waals surface area contributed by atoms with E-state index in [0.29, 0.717) is 0 Å². The fourth-order valence-corrected chi connectivity index (χ4v) is 1.96. The Kier molecular flexibility index (Phi) is 4.95. The fourth-order valence-electron chi connectivity index (χ4n) is 1.96. The first-order valence-electron chi connectivity index (χ1n) is 5.46. The fraction of sp³-hybridized carbons (Fsp3) is 1.00. The van der Waals surface area contributed by atoms with E-state index in [1.807, 2.05) is 0 Å². The van der Waals surface area contributed by atoms with Crippen LogP contribution in [0, 0.1) is 0 Å². The van der Waals surface area contributed by atoms with Gasteiger partial charge in [-0.25, -0.2) is 0 Å². The maximum absolute atomic E-state index is 9.71. The molecule has 1 fully saturated rings. The summed E-state index contributed by atoms with van der Waals surface area (Å²) in [5, 5.41) is 40.1. The molecule has 1 saturated carbocycles. The second-order valence-electron chi connectivity index (χ2n) is 4.36. The normalized spacial score (nSPS) is 28.0. The smallest absolute Gasteiger partial charge is 0.0884 e. The molecule has 15 heavy (non-hydrogen) atoms. The Balaban J connectivity index is 2.56. The second kappa shape index (κ2) is 5.77. The largest absolute Gasteiger partial charge is 0.394 e. The molecule has 0 radical (unpaired) electrons. The van der Waals surface area contributed by atoms with Gasteiger partial charge in [0.25, 0.3) is 0 Å². The molecule has 1 aliphatic carbocycles. The van der Waals surface area contributed by atoms with Crippen LogP contribution in [0.2, 0.25) is 0 Å². The molecular formula is C10H21NO4. The van der Waals surface area contributed by atoms with E-state index < -0.39 is 11.6 Å². The van der Waals surface area contributed by atoms with Crippen LogP contribution in [0.1, 0.15) is 25.7 Å². The van der Waals surface area contributed by atoms with Crippen molar-refractivity contribution < 1.29 is 20.4 Å². The predicted octanol–water partition coefficient (Wildman–Crippen LogP) is -1.40. The van der Waals surface area contributed by atoms with E-state index in [-0.39, 0.29) is 25.9 Å². The third kappa shape index (κ3) is 3.12. The molecule has 0 unspecified atom stereocenters. The highest BCUT2D eigenvalue weighted by atomic mass is 16.3. The lowest BCUT2D eigenvalue weighted by Gasteiger charge is -2.37. The minimum Gasteiger partial charge on any atom is -0.394 e. The first kappa shape index (κ1) is 12.9. The molecule has 0 aromatic carbocycles. The molecule has 0 spiro atoms. The van der Waals surface area contributed by atoms with Crippen molar-refractivity contribution in [3.05, 3.63) is 0 Å². The zero-order chi connectivity index (χ0) is 11.3. The maximum Gasteiger partial charge on any atom is 0.0884 e. The van der Waals surface area contributed by atoms with E-state index in [1.54, 1.807) is 0 Å². The highest BCUT2D eigenvalue weighted by molar-refractivity contribution is 4.93. The summed E-state index contributed by atoms with van der Waals surface area (Å²) < 4.78 is 0. The molecule has 2 atom stereocenters. The lowest BCUT2D eigenvalue weighted by molar-refractivity contribution is 0.00402. The molecule has 0 amide bonds. The SMILES string of the molecule is OCC(CO)(CO)N[C@H]1CCCC[C@@H]1O. The van der Waals surface area contributed by atoms with E-state index in [0.717, 1.165) is 25.7 Å². The van der Waals surface area contributed by atoms with Gasteiger partial charge in [-0.15, -0.1) is 0 Å². The predicted molar refractivity (Wildman–Crippen MR) is 55.4 cm³/mol. The number of nitrogens with one attached hydrogen (secondary N) is 1. The summed E-state index contributed by atoms with van der Waals surface area (Å²) in [6.45, 7) is -1.03. The van der Waals surface area contributed by atoms with Gasteiger partial charge in [-0.1, -0.05) is 12.8 Å². The number of rotatable bonds is 5. The van der Waals surface area contributed by atoms with Gasteiger partial charge < -0.3 is 20.4 Å². The van der Waals surface area contributed by atoms with Crippen molar-refractivity contribution >= 4 is 0 Å². The molecule has 0 aromatic rings. The van der Waals surface area contributed by atoms with Gasteiger partial charge in [0.05, 0.1) is 31.5 Å². The average molecular weight is 219 g/mol. The number of aliphatic hydroxyl groups is 4. The van der Waals surface area contributed by atoms with Crippen molar-refractivity contribution in [2.45, 2.75) is 43.4 Å². The summed E-state index contributed by atoms with van der Waals surface area (Å²) in [7, 11) is 0. The Morgan fingerprint density at radius 3 is 2.00 bits per heavy atom. The summed E-state index contributed by atoms with van der Waals surface area (Å²) in [5.41, 5.74) is -1.08. The van der Waals surface area contributed by atoms with Crippen LogP contribution < -0.4 is 5.32 Å². The number of hydrogen-bond donors (Lipinski definition) is 5. The minimum absolute atomic E-state index is 0.148. The van der Waals surface area contributed by atoms with Crippen LogP contribution in [0.25, 0.3) is 0 Å². The van der Waals surface area contributed by atoms with Gasteiger partial charge in [0.15, 0.2) is 0 Å². The van der Waals surface area contributed by atoms with Gasteiger partial charge in [0, 0.05) is 6.04 Å². The second-order valence-corrected chi connectivity index (χ2v) is 4.36. The molecule has 1 aliphatic rings. The molecule has 0 bridgehead atoms. The Labute approximate surface area is 89.7 Å². The van der Waals surface area contributed by atoms with Crippen molar-refractivity contribution in [3.8, 4) is 0 Å². The van der Waals surface area contributed by atoms with Crippen LogP contribution >= 0.6 is 0 Å². The Hall–Kier alpha value is -0.200. The molecule has 5 heteroatoms. The zero-order valence-electron chi connectivity index (χ0n) is 8.89. The summed E-state index contributed by atoms with van der Waals surface area (Å²) in [6.07, 6.45) is 3.11. The maximum atomic E-state index is 9.71. The highest BCUT2D eigenvalue weighted by Crippen LogP contribution is 2.20. The summed E-state index contributed by atoms with van der Waals surface area (Å²) in [4.78, 5) is 0. The summed E-state index contributed by atoms with van der Waals surface area (Å²) in [6, 6.07) is -0.148. The van der Waals surface area contributed by atoms with Gasteiger partial charge in [0.1, 0.15) is 0 Å². The lowest BCUT2D eigenvalue weighted by atomic mass is 9.90. The monoisotopic (exact) mass is 219 g/mol. The zero-order valence-corrected chi connectivity index (χ0v) is 8.89. The van der Waals surface area contributed by atoms with Crippen molar-refractivity contribution in [2.24, 2.45) is 0 Å². The molecule has 5 nitrogen and oxygen atoms in total. The van der Waals surface area contributed by atoms with Crippen LogP contribution in [0.3, 0.4) is 0 Å². The molecule has 0 aromatic heterocycles. The third-order valence-electron chi connectivity index (χ3n) is 3.13. The van der Waals surface area contributed by atoms with Crippen molar-refractivity contribution in [3.63, 3.8) is 0 Å². The Morgan fingerprint density at radius 2 is 1.53 bits per heavy atom. The standard InChI is InChI=1S/C10H21NO4/c12-5-10(6-13,7-14)11-8-3-1-2-4-9(8)15/h8-9,11-15H,1-7H2/t8-,9-/m0/s1. The molecule has 5 N–H and O–H groups in total. The van der Waals surface area contributed by atoms with Gasteiger partial charge in [-0.05, 0) is 12.8 Å². The van der Waals surface area contributed by atoms with Gasteiger partial charge in [-0.3, -0.25) is 5.32 Å². The molecule has 0 aliphatic heterocycles. The molecule has 0 saturated heterocycles. The molecule has 90 valence electrons. The molecule has 0 heterocycles. The van der Waals surface area contributed by atoms with Crippen molar-refractivity contribution in [1.29, 1.82) is 0 Å². The van der Waals surface area contributed by atoms with Gasteiger partial charge in [-0.2, -0.15) is 0 Å². The third-order valence-corrected chi connectivity index (χ3v) is 3.13. The van der Waals surface area contributed by atoms with E-state index in [9.17, 15) is 5.11 Å². The van der Waals surface area contributed by atoms with Crippen molar-refractivity contribution in [2.75, 3.05) is 19.8 Å². The Morgan fingerprint density at radius 1 is 1.00 bits per heavy atom. The minimum atomic E-state index is -1.08. The quantitative estimate of drug-likeness (QED) is 0.392. The highest BCUT2D eigenvalue weighted by Gasteiger charge is 2.34. The first-order valence-corrected chi connectivity index (χ1v) is 5.46. The van der Waals surface area contributed by atoms with E-state index in [4.69, 9.17) is 15.3 Å². The van der Waals surface area contributed by atoms with E-state index >= 15 is 0 Å². The summed E-state index contributed by atoms with van der Waals surface area (Å²) in [5.74, 6) is 0. The van der Waals surface area contributed by atoms with Crippen LogP contribution in [0.15, 0.2) is 0 Å². The molecule has 1 rings (SSSR count). The first-order chi connectivity index (χ1) is 7.17. The van der Waals surface area contributed by atoms with E-state index in [1.165, 1.54) is 0 Å². The van der Waals surface area contributed by atoms with Gasteiger partial charge >= 0.3 is 0 Å². The topological polar surface area (TPSA) is 93.0 Å².